The van der Waals surface area contributed by atoms with E-state index < -0.39 is 5.91 Å². The van der Waals surface area contributed by atoms with Crippen molar-refractivity contribution in [1.82, 2.24) is 5.32 Å². The zero-order valence-electron chi connectivity index (χ0n) is 8.86. The number of aliphatic hydroxyl groups excluding tert-OH is 1. The highest BCUT2D eigenvalue weighted by Gasteiger charge is 2.13. The van der Waals surface area contributed by atoms with Crippen LogP contribution in [0.3, 0.4) is 0 Å². The van der Waals surface area contributed by atoms with Crippen LogP contribution >= 0.6 is 0 Å². The van der Waals surface area contributed by atoms with Crippen LogP contribution in [0.5, 0.6) is 5.75 Å². The molecule has 0 aliphatic rings. The summed E-state index contributed by atoms with van der Waals surface area (Å²) in [4.78, 5) is 22.2. The van der Waals surface area contributed by atoms with Crippen LogP contribution in [0.15, 0.2) is 12.1 Å². The smallest absolute Gasteiger partial charge is 0.255 e. The second-order valence-electron chi connectivity index (χ2n) is 3.33. The molecule has 0 aliphatic carbocycles. The predicted octanol–water partition coefficient (Wildman–Crippen LogP) is 0.235. The number of phenolic OH excluding ortho intramolecular Hbond substituents is 1. The largest absolute Gasteiger partial charge is 0.507 e. The number of aryl methyl sites for hydroxylation is 1. The maximum atomic E-state index is 11.5. The highest BCUT2D eigenvalue weighted by atomic mass is 16.3. The normalized spacial score (nSPS) is 9.88. The van der Waals surface area contributed by atoms with E-state index in [9.17, 15) is 14.7 Å². The fourth-order valence-electron chi connectivity index (χ4n) is 1.31. The maximum Gasteiger partial charge on any atom is 0.255 e. The predicted molar refractivity (Wildman–Crippen MR) is 57.7 cm³/mol. The lowest BCUT2D eigenvalue weighted by Crippen LogP contribution is -2.26. The van der Waals surface area contributed by atoms with E-state index in [0.717, 1.165) is 0 Å². The lowest BCUT2D eigenvalue weighted by Gasteiger charge is -2.08. The van der Waals surface area contributed by atoms with Gasteiger partial charge in [0, 0.05) is 12.1 Å². The van der Waals surface area contributed by atoms with Crippen LogP contribution in [0.4, 0.5) is 0 Å². The number of aldehydes is 1. The summed E-state index contributed by atoms with van der Waals surface area (Å²) in [6.45, 7) is 1.52. The van der Waals surface area contributed by atoms with Gasteiger partial charge in [-0.2, -0.15) is 0 Å². The molecule has 0 saturated heterocycles. The van der Waals surface area contributed by atoms with Crippen LogP contribution < -0.4 is 5.32 Å². The Morgan fingerprint density at radius 1 is 1.50 bits per heavy atom. The van der Waals surface area contributed by atoms with Crippen molar-refractivity contribution in [3.8, 4) is 5.75 Å². The van der Waals surface area contributed by atoms with E-state index in [1.54, 1.807) is 6.92 Å². The van der Waals surface area contributed by atoms with Crippen molar-refractivity contribution < 1.29 is 19.8 Å². The number of hydrogen-bond donors (Lipinski definition) is 3. The van der Waals surface area contributed by atoms with Gasteiger partial charge in [0.2, 0.25) is 0 Å². The number of carbonyl (C=O) groups is 2. The fourth-order valence-corrected chi connectivity index (χ4v) is 1.31. The summed E-state index contributed by atoms with van der Waals surface area (Å²) in [5.74, 6) is -0.667. The first-order valence-corrected chi connectivity index (χ1v) is 4.78. The van der Waals surface area contributed by atoms with Gasteiger partial charge in [0.1, 0.15) is 12.0 Å². The van der Waals surface area contributed by atoms with E-state index in [-0.39, 0.29) is 24.5 Å². The monoisotopic (exact) mass is 223 g/mol. The van der Waals surface area contributed by atoms with Gasteiger partial charge in [0.05, 0.1) is 12.2 Å². The molecule has 1 amide bonds. The average molecular weight is 223 g/mol. The molecular formula is C11H13NO4. The number of amides is 1. The molecule has 1 aromatic carbocycles. The summed E-state index contributed by atoms with van der Waals surface area (Å²) in [5, 5.41) is 20.6. The Morgan fingerprint density at radius 3 is 2.75 bits per heavy atom. The van der Waals surface area contributed by atoms with Crippen molar-refractivity contribution in [2.45, 2.75) is 6.92 Å². The van der Waals surface area contributed by atoms with Gasteiger partial charge >= 0.3 is 0 Å². The molecule has 0 unspecified atom stereocenters. The highest BCUT2D eigenvalue weighted by Crippen LogP contribution is 2.23. The van der Waals surface area contributed by atoms with Gasteiger partial charge in [-0.25, -0.2) is 0 Å². The van der Waals surface area contributed by atoms with Crippen LogP contribution in [-0.2, 0) is 0 Å². The van der Waals surface area contributed by atoms with E-state index in [2.05, 4.69) is 5.32 Å². The van der Waals surface area contributed by atoms with Crippen molar-refractivity contribution in [1.29, 1.82) is 0 Å². The van der Waals surface area contributed by atoms with Crippen molar-refractivity contribution in [3.05, 3.63) is 28.8 Å². The summed E-state index contributed by atoms with van der Waals surface area (Å²) in [6, 6.07) is 2.80. The van der Waals surface area contributed by atoms with Crippen LogP contribution in [0, 0.1) is 6.92 Å². The molecule has 0 fully saturated rings. The third-order valence-corrected chi connectivity index (χ3v) is 2.10. The molecule has 86 valence electrons. The Hall–Kier alpha value is -1.88. The highest BCUT2D eigenvalue weighted by molar-refractivity contribution is 5.98. The average Bonchev–Trinajstić information content (AvgIpc) is 2.29. The number of rotatable bonds is 4. The Kier molecular flexibility index (Phi) is 4.02. The standard InChI is InChI=1S/C11H13NO4/c1-7-4-8(6-14)5-9(10(7)15)11(16)12-2-3-13/h4-6,13,15H,2-3H2,1H3,(H,12,16). The second kappa shape index (κ2) is 5.27. The van der Waals surface area contributed by atoms with Gasteiger partial charge < -0.3 is 15.5 Å². The van der Waals surface area contributed by atoms with E-state index in [4.69, 9.17) is 5.11 Å². The fraction of sp³-hybridized carbons (Fsp3) is 0.273. The third-order valence-electron chi connectivity index (χ3n) is 2.10. The molecule has 0 aliphatic heterocycles. The first kappa shape index (κ1) is 12.2. The second-order valence-corrected chi connectivity index (χ2v) is 3.33. The molecule has 0 radical (unpaired) electrons. The molecule has 0 bridgehead atoms. The van der Waals surface area contributed by atoms with Gasteiger partial charge in [0.25, 0.3) is 5.91 Å². The Balaban J connectivity index is 3.06. The maximum absolute atomic E-state index is 11.5. The van der Waals surface area contributed by atoms with Crippen molar-refractivity contribution in [2.75, 3.05) is 13.2 Å². The lowest BCUT2D eigenvalue weighted by molar-refractivity contribution is 0.0942. The molecule has 1 rings (SSSR count). The first-order valence-electron chi connectivity index (χ1n) is 4.78. The van der Waals surface area contributed by atoms with E-state index in [0.29, 0.717) is 17.4 Å². The molecule has 0 spiro atoms. The van der Waals surface area contributed by atoms with Gasteiger partial charge in [-0.05, 0) is 24.6 Å². The molecule has 1 aromatic rings. The number of nitrogens with one attached hydrogen (secondary N) is 1. The van der Waals surface area contributed by atoms with E-state index in [1.807, 2.05) is 0 Å². The number of benzene rings is 1. The number of hydrogen-bond acceptors (Lipinski definition) is 4. The van der Waals surface area contributed by atoms with Crippen molar-refractivity contribution >= 4 is 12.2 Å². The minimum absolute atomic E-state index is 0.0375. The summed E-state index contributed by atoms with van der Waals surface area (Å²) in [5.41, 5.74) is 0.818. The number of aliphatic hydroxyl groups is 1. The lowest BCUT2D eigenvalue weighted by atomic mass is 10.0. The van der Waals surface area contributed by atoms with Gasteiger partial charge in [-0.1, -0.05) is 0 Å². The van der Waals surface area contributed by atoms with Crippen LogP contribution in [0.25, 0.3) is 0 Å². The summed E-state index contributed by atoms with van der Waals surface area (Å²) >= 11 is 0. The minimum Gasteiger partial charge on any atom is -0.507 e. The van der Waals surface area contributed by atoms with Crippen LogP contribution in [0.1, 0.15) is 26.3 Å². The minimum atomic E-state index is -0.515. The van der Waals surface area contributed by atoms with E-state index >= 15 is 0 Å². The van der Waals surface area contributed by atoms with Gasteiger partial charge in [-0.15, -0.1) is 0 Å². The topological polar surface area (TPSA) is 86.6 Å². The number of aromatic hydroxyl groups is 1. The Bertz CT molecular complexity index is 415. The van der Waals surface area contributed by atoms with Crippen LogP contribution in [-0.4, -0.2) is 35.6 Å². The van der Waals surface area contributed by atoms with E-state index in [1.165, 1.54) is 12.1 Å². The molecule has 3 N–H and O–H groups in total. The summed E-state index contributed by atoms with van der Waals surface area (Å²) in [6.07, 6.45) is 0.606. The molecule has 5 nitrogen and oxygen atoms in total. The SMILES string of the molecule is Cc1cc(C=O)cc(C(=O)NCCO)c1O. The molecular weight excluding hydrogens is 210 g/mol. The quantitative estimate of drug-likeness (QED) is 0.638. The Labute approximate surface area is 92.7 Å². The number of phenols is 1. The summed E-state index contributed by atoms with van der Waals surface area (Å²) < 4.78 is 0. The molecule has 0 saturated carbocycles. The number of carbonyl (C=O) groups excluding carboxylic acids is 2. The van der Waals surface area contributed by atoms with Gasteiger partial charge in [-0.3, -0.25) is 9.59 Å². The molecule has 16 heavy (non-hydrogen) atoms. The zero-order chi connectivity index (χ0) is 12.1. The summed E-state index contributed by atoms with van der Waals surface area (Å²) in [7, 11) is 0. The molecule has 0 aromatic heterocycles. The molecule has 5 heteroatoms. The third kappa shape index (κ3) is 2.58. The van der Waals surface area contributed by atoms with Crippen molar-refractivity contribution in [3.63, 3.8) is 0 Å². The van der Waals surface area contributed by atoms with Gasteiger partial charge in [0.15, 0.2) is 0 Å². The van der Waals surface area contributed by atoms with Crippen LogP contribution in [0.2, 0.25) is 0 Å². The molecule has 0 atom stereocenters. The molecule has 0 heterocycles. The van der Waals surface area contributed by atoms with Crippen molar-refractivity contribution in [2.24, 2.45) is 0 Å². The zero-order valence-corrected chi connectivity index (χ0v) is 8.86. The first-order chi connectivity index (χ1) is 7.60. The Morgan fingerprint density at radius 2 is 2.19 bits per heavy atom.